The Kier molecular flexibility index (Phi) is 3.95. The van der Waals surface area contributed by atoms with Gasteiger partial charge in [-0.1, -0.05) is 17.7 Å². The molecule has 6 nitrogen and oxygen atoms in total. The number of fused-ring (bicyclic) bond motifs is 1. The lowest BCUT2D eigenvalue weighted by Crippen LogP contribution is -2.54. The van der Waals surface area contributed by atoms with Crippen LogP contribution in [-0.2, 0) is 14.9 Å². The van der Waals surface area contributed by atoms with Crippen LogP contribution < -0.4 is 4.31 Å². The minimum absolute atomic E-state index is 0.165. The number of nitrogens with zero attached hydrogens (tertiary/aromatic N) is 2. The highest BCUT2D eigenvalue weighted by molar-refractivity contribution is 7.91. The number of ether oxygens (including phenoxy) is 1. The Morgan fingerprint density at radius 2 is 2.00 bits per heavy atom. The van der Waals surface area contributed by atoms with E-state index in [-0.39, 0.29) is 23.0 Å². The summed E-state index contributed by atoms with van der Waals surface area (Å²) in [6.07, 6.45) is 0. The summed E-state index contributed by atoms with van der Waals surface area (Å²) in [6, 6.07) is 4.20. The van der Waals surface area contributed by atoms with Crippen molar-refractivity contribution in [2.75, 3.05) is 18.1 Å². The van der Waals surface area contributed by atoms with E-state index < -0.39 is 22.2 Å². The van der Waals surface area contributed by atoms with Crippen LogP contribution in [0.15, 0.2) is 18.2 Å². The van der Waals surface area contributed by atoms with Crippen LogP contribution in [0.1, 0.15) is 24.2 Å². The molecule has 0 saturated carbocycles. The monoisotopic (exact) mass is 318 g/mol. The summed E-state index contributed by atoms with van der Waals surface area (Å²) in [5.74, 6) is -0.579. The van der Waals surface area contributed by atoms with Crippen LogP contribution in [-0.4, -0.2) is 38.5 Å². The van der Waals surface area contributed by atoms with E-state index in [2.05, 4.69) is 0 Å². The first-order chi connectivity index (χ1) is 9.32. The fourth-order valence-corrected chi connectivity index (χ4v) is 4.18. The fraction of sp³-hybridized carbons (Fsp3) is 0.417. The van der Waals surface area contributed by atoms with Crippen molar-refractivity contribution in [1.29, 1.82) is 0 Å². The van der Waals surface area contributed by atoms with E-state index in [0.717, 1.165) is 8.61 Å². The van der Waals surface area contributed by atoms with Crippen LogP contribution in [0, 0.1) is 0 Å². The molecule has 0 fully saturated rings. The fourth-order valence-electron chi connectivity index (χ4n) is 2.14. The molecule has 0 N–H and O–H groups in total. The quantitative estimate of drug-likeness (QED) is 0.853. The summed E-state index contributed by atoms with van der Waals surface area (Å²) in [6.45, 7) is 3.06. The molecule has 1 aliphatic rings. The first-order valence-corrected chi connectivity index (χ1v) is 7.73. The minimum atomic E-state index is -4.00. The number of rotatable bonds is 3. The second-order valence-corrected chi connectivity index (χ2v) is 6.74. The number of hydrogen-bond donors (Lipinski definition) is 0. The van der Waals surface area contributed by atoms with Crippen LogP contribution in [0.4, 0.5) is 5.69 Å². The SMILES string of the molecule is COCN1c2c(Cl)cccc2C(=O)N(C(C)C)S1(=O)=O. The lowest BCUT2D eigenvalue weighted by molar-refractivity contribution is 0.0828. The molecule has 1 heterocycles. The topological polar surface area (TPSA) is 66.9 Å². The molecule has 0 unspecified atom stereocenters. The maximum absolute atomic E-state index is 12.6. The van der Waals surface area contributed by atoms with Crippen LogP contribution in [0.25, 0.3) is 0 Å². The van der Waals surface area contributed by atoms with Crippen LogP contribution in [0.3, 0.4) is 0 Å². The number of anilines is 1. The number of carbonyl (C=O) groups is 1. The van der Waals surface area contributed by atoms with Crippen molar-refractivity contribution < 1.29 is 17.9 Å². The molecule has 0 saturated heterocycles. The van der Waals surface area contributed by atoms with Gasteiger partial charge in [-0.15, -0.1) is 0 Å². The molecule has 8 heteroatoms. The molecule has 1 aromatic carbocycles. The van der Waals surface area contributed by atoms with E-state index in [0.29, 0.717) is 0 Å². The molecular weight excluding hydrogens is 304 g/mol. The van der Waals surface area contributed by atoms with Crippen LogP contribution in [0.2, 0.25) is 5.02 Å². The van der Waals surface area contributed by atoms with Gasteiger partial charge < -0.3 is 4.74 Å². The lowest BCUT2D eigenvalue weighted by Gasteiger charge is -2.38. The second kappa shape index (κ2) is 5.23. The largest absolute Gasteiger partial charge is 0.363 e. The molecule has 0 atom stereocenters. The van der Waals surface area contributed by atoms with Crippen molar-refractivity contribution >= 4 is 33.4 Å². The van der Waals surface area contributed by atoms with Gasteiger partial charge in [0.05, 0.1) is 16.3 Å². The van der Waals surface area contributed by atoms with E-state index in [4.69, 9.17) is 16.3 Å². The Morgan fingerprint density at radius 3 is 2.55 bits per heavy atom. The molecule has 0 aromatic heterocycles. The van der Waals surface area contributed by atoms with Crippen molar-refractivity contribution in [3.05, 3.63) is 28.8 Å². The molecule has 2 rings (SSSR count). The van der Waals surface area contributed by atoms with E-state index in [1.807, 2.05) is 0 Å². The average Bonchev–Trinajstić information content (AvgIpc) is 2.34. The van der Waals surface area contributed by atoms with Crippen molar-refractivity contribution in [3.8, 4) is 0 Å². The molecule has 0 aliphatic carbocycles. The zero-order chi connectivity index (χ0) is 15.1. The predicted octanol–water partition coefficient (Wildman–Crippen LogP) is 1.86. The average molecular weight is 319 g/mol. The van der Waals surface area contributed by atoms with Crippen molar-refractivity contribution in [1.82, 2.24) is 4.31 Å². The highest BCUT2D eigenvalue weighted by Gasteiger charge is 2.44. The molecule has 110 valence electrons. The zero-order valence-electron chi connectivity index (χ0n) is 11.3. The number of methoxy groups -OCH3 is 1. The molecule has 1 amide bonds. The number of hydrogen-bond acceptors (Lipinski definition) is 4. The molecule has 1 aromatic rings. The third-order valence-corrected chi connectivity index (χ3v) is 5.14. The van der Waals surface area contributed by atoms with Gasteiger partial charge in [-0.25, -0.2) is 8.61 Å². The molecule has 0 radical (unpaired) electrons. The Labute approximate surface area is 123 Å². The van der Waals surface area contributed by atoms with Gasteiger partial charge in [0.25, 0.3) is 5.91 Å². The van der Waals surface area contributed by atoms with Crippen LogP contribution >= 0.6 is 11.6 Å². The predicted molar refractivity (Wildman–Crippen MR) is 76.0 cm³/mol. The summed E-state index contributed by atoms with van der Waals surface area (Å²) >= 11 is 6.06. The van der Waals surface area contributed by atoms with E-state index in [9.17, 15) is 13.2 Å². The van der Waals surface area contributed by atoms with Crippen molar-refractivity contribution in [2.45, 2.75) is 19.9 Å². The summed E-state index contributed by atoms with van der Waals surface area (Å²) in [5.41, 5.74) is 0.413. The number of benzene rings is 1. The second-order valence-electron chi connectivity index (χ2n) is 4.60. The maximum Gasteiger partial charge on any atom is 0.331 e. The highest BCUT2D eigenvalue weighted by Crippen LogP contribution is 2.38. The number of carbonyl (C=O) groups excluding carboxylic acids is 1. The van der Waals surface area contributed by atoms with Gasteiger partial charge in [0.15, 0.2) is 0 Å². The smallest absolute Gasteiger partial charge is 0.331 e. The Balaban J connectivity index is 2.74. The summed E-state index contributed by atoms with van der Waals surface area (Å²) in [5, 5.41) is 0.194. The molecular formula is C12H15ClN2O4S. The zero-order valence-corrected chi connectivity index (χ0v) is 12.9. The Bertz CT molecular complexity index is 645. The van der Waals surface area contributed by atoms with Gasteiger partial charge in [0.2, 0.25) is 0 Å². The van der Waals surface area contributed by atoms with Gasteiger partial charge in [-0.05, 0) is 26.0 Å². The first kappa shape index (κ1) is 15.1. The van der Waals surface area contributed by atoms with Gasteiger partial charge in [0.1, 0.15) is 6.73 Å². The van der Waals surface area contributed by atoms with Crippen molar-refractivity contribution in [2.24, 2.45) is 0 Å². The van der Waals surface area contributed by atoms with E-state index in [1.54, 1.807) is 26.0 Å². The van der Waals surface area contributed by atoms with Gasteiger partial charge in [-0.2, -0.15) is 8.42 Å². The number of amides is 1. The van der Waals surface area contributed by atoms with Crippen molar-refractivity contribution in [3.63, 3.8) is 0 Å². The lowest BCUT2D eigenvalue weighted by atomic mass is 10.1. The van der Waals surface area contributed by atoms with E-state index >= 15 is 0 Å². The number of para-hydroxylation sites is 1. The van der Waals surface area contributed by atoms with Gasteiger partial charge >= 0.3 is 10.2 Å². The first-order valence-electron chi connectivity index (χ1n) is 5.96. The Hall–Kier alpha value is -1.31. The Morgan fingerprint density at radius 1 is 1.35 bits per heavy atom. The third kappa shape index (κ3) is 2.15. The molecule has 20 heavy (non-hydrogen) atoms. The number of halogens is 1. The summed E-state index contributed by atoms with van der Waals surface area (Å²) in [4.78, 5) is 12.4. The molecule has 1 aliphatic heterocycles. The van der Waals surface area contributed by atoms with Gasteiger partial charge in [0, 0.05) is 13.2 Å². The normalized spacial score (nSPS) is 17.6. The third-order valence-electron chi connectivity index (χ3n) is 2.91. The van der Waals surface area contributed by atoms with Crippen LogP contribution in [0.5, 0.6) is 0 Å². The minimum Gasteiger partial charge on any atom is -0.363 e. The maximum atomic E-state index is 12.6. The highest BCUT2D eigenvalue weighted by atomic mass is 35.5. The molecule has 0 spiro atoms. The molecule has 0 bridgehead atoms. The van der Waals surface area contributed by atoms with Gasteiger partial charge in [-0.3, -0.25) is 4.79 Å². The standard InChI is InChI=1S/C12H15ClN2O4S/c1-8(2)15-12(16)9-5-4-6-10(13)11(9)14(7-19-3)20(15,17)18/h4-6,8H,7H2,1-3H3. The van der Waals surface area contributed by atoms with E-state index in [1.165, 1.54) is 13.2 Å². The summed E-state index contributed by atoms with van der Waals surface area (Å²) in [7, 11) is -2.63. The summed E-state index contributed by atoms with van der Waals surface area (Å²) < 4.78 is 31.9.